The highest BCUT2D eigenvalue weighted by Crippen LogP contribution is 2.29. The van der Waals surface area contributed by atoms with E-state index in [4.69, 9.17) is 0 Å². The van der Waals surface area contributed by atoms with Crippen LogP contribution in [-0.2, 0) is 12.6 Å². The summed E-state index contributed by atoms with van der Waals surface area (Å²) >= 11 is 0. The number of hydrogen-bond donors (Lipinski definition) is 1. The van der Waals surface area contributed by atoms with E-state index in [9.17, 15) is 13.2 Å². The minimum atomic E-state index is -4.23. The van der Waals surface area contributed by atoms with E-state index in [-0.39, 0.29) is 0 Å². The molecule has 0 amide bonds. The molecule has 0 bridgehead atoms. The molecule has 4 heteroatoms. The fourth-order valence-electron chi connectivity index (χ4n) is 2.43. The molecule has 1 saturated heterocycles. The molecule has 1 nitrogen and oxygen atoms in total. The first-order valence-electron chi connectivity index (χ1n) is 6.42. The van der Waals surface area contributed by atoms with Crippen molar-refractivity contribution in [2.24, 2.45) is 5.92 Å². The zero-order valence-electron chi connectivity index (χ0n) is 10.3. The maximum absolute atomic E-state index is 12.4. The van der Waals surface area contributed by atoms with Crippen LogP contribution in [0.4, 0.5) is 13.2 Å². The van der Waals surface area contributed by atoms with Crippen molar-refractivity contribution in [1.82, 2.24) is 5.32 Å². The van der Waals surface area contributed by atoms with E-state index in [1.54, 1.807) is 12.1 Å². The second-order valence-corrected chi connectivity index (χ2v) is 4.96. The zero-order valence-corrected chi connectivity index (χ0v) is 10.3. The summed E-state index contributed by atoms with van der Waals surface area (Å²) in [4.78, 5) is 0. The second kappa shape index (κ2) is 5.74. The summed E-state index contributed by atoms with van der Waals surface area (Å²) in [7, 11) is 0. The summed E-state index contributed by atoms with van der Waals surface area (Å²) in [6, 6.07) is 5.57. The maximum atomic E-state index is 12.4. The highest BCUT2D eigenvalue weighted by molar-refractivity contribution is 5.24. The van der Waals surface area contributed by atoms with Gasteiger partial charge < -0.3 is 5.32 Å². The van der Waals surface area contributed by atoms with Crippen molar-refractivity contribution in [2.45, 2.75) is 31.9 Å². The van der Waals surface area contributed by atoms with Crippen molar-refractivity contribution in [3.05, 3.63) is 35.4 Å². The molecule has 1 aliphatic rings. The van der Waals surface area contributed by atoms with E-state index in [1.165, 1.54) is 25.0 Å². The molecule has 1 N–H and O–H groups in total. The third-order valence-corrected chi connectivity index (χ3v) is 3.45. The summed E-state index contributed by atoms with van der Waals surface area (Å²) in [6.07, 6.45) is 0.198. The predicted molar refractivity (Wildman–Crippen MR) is 65.4 cm³/mol. The van der Waals surface area contributed by atoms with Crippen LogP contribution in [0.25, 0.3) is 0 Å². The van der Waals surface area contributed by atoms with Gasteiger partial charge in [0.1, 0.15) is 0 Å². The molecule has 1 unspecified atom stereocenters. The van der Waals surface area contributed by atoms with Gasteiger partial charge in [-0.1, -0.05) is 18.6 Å². The largest absolute Gasteiger partial charge is 0.416 e. The van der Waals surface area contributed by atoms with Crippen molar-refractivity contribution in [1.29, 1.82) is 0 Å². The molecule has 2 rings (SSSR count). The number of rotatable bonds is 2. The van der Waals surface area contributed by atoms with Crippen LogP contribution in [0.2, 0.25) is 0 Å². The normalized spacial score (nSPS) is 21.6. The lowest BCUT2D eigenvalue weighted by Gasteiger charge is -2.14. The number of halogens is 3. The van der Waals surface area contributed by atoms with Gasteiger partial charge in [-0.3, -0.25) is 0 Å². The van der Waals surface area contributed by atoms with Crippen LogP contribution in [-0.4, -0.2) is 13.1 Å². The van der Waals surface area contributed by atoms with Crippen LogP contribution < -0.4 is 5.32 Å². The Morgan fingerprint density at radius 3 is 2.50 bits per heavy atom. The molecular weight excluding hydrogens is 239 g/mol. The van der Waals surface area contributed by atoms with E-state index >= 15 is 0 Å². The number of hydrogen-bond acceptors (Lipinski definition) is 1. The summed E-state index contributed by atoms with van der Waals surface area (Å²) in [5.41, 5.74) is 0.432. The van der Waals surface area contributed by atoms with Crippen LogP contribution in [0.3, 0.4) is 0 Å². The van der Waals surface area contributed by atoms with Gasteiger partial charge in [-0.15, -0.1) is 0 Å². The maximum Gasteiger partial charge on any atom is 0.416 e. The predicted octanol–water partition coefficient (Wildman–Crippen LogP) is 3.64. The summed E-state index contributed by atoms with van der Waals surface area (Å²) < 4.78 is 37.3. The summed E-state index contributed by atoms with van der Waals surface area (Å²) in [5, 5.41) is 3.37. The highest BCUT2D eigenvalue weighted by atomic mass is 19.4. The fourth-order valence-corrected chi connectivity index (χ4v) is 2.43. The van der Waals surface area contributed by atoms with Gasteiger partial charge in [-0.2, -0.15) is 13.2 Å². The third kappa shape index (κ3) is 3.73. The van der Waals surface area contributed by atoms with E-state index < -0.39 is 11.7 Å². The summed E-state index contributed by atoms with van der Waals surface area (Å²) in [6.45, 7) is 2.03. The van der Waals surface area contributed by atoms with Crippen molar-refractivity contribution in [3.8, 4) is 0 Å². The van der Waals surface area contributed by atoms with Gasteiger partial charge in [0.2, 0.25) is 0 Å². The van der Waals surface area contributed by atoms with Crippen molar-refractivity contribution < 1.29 is 13.2 Å². The molecule has 1 aromatic carbocycles. The van der Waals surface area contributed by atoms with Crippen LogP contribution in [0.5, 0.6) is 0 Å². The lowest BCUT2D eigenvalue weighted by molar-refractivity contribution is -0.137. The van der Waals surface area contributed by atoms with E-state index in [0.29, 0.717) is 5.92 Å². The minimum Gasteiger partial charge on any atom is -0.316 e. The van der Waals surface area contributed by atoms with Gasteiger partial charge in [0, 0.05) is 0 Å². The molecule has 0 saturated carbocycles. The molecule has 18 heavy (non-hydrogen) atoms. The van der Waals surface area contributed by atoms with E-state index in [2.05, 4.69) is 5.32 Å². The van der Waals surface area contributed by atoms with Gasteiger partial charge in [0.25, 0.3) is 0 Å². The first-order valence-corrected chi connectivity index (χ1v) is 6.42. The molecular formula is C14H18F3N. The molecule has 0 aromatic heterocycles. The van der Waals surface area contributed by atoms with Crippen molar-refractivity contribution >= 4 is 0 Å². The Morgan fingerprint density at radius 2 is 1.83 bits per heavy atom. The molecule has 0 radical (unpaired) electrons. The Kier molecular flexibility index (Phi) is 4.27. The topological polar surface area (TPSA) is 12.0 Å². The minimum absolute atomic E-state index is 0.546. The molecule has 0 aliphatic carbocycles. The van der Waals surface area contributed by atoms with Gasteiger partial charge in [-0.05, 0) is 56.0 Å². The Hall–Kier alpha value is -1.03. The molecule has 1 heterocycles. The smallest absolute Gasteiger partial charge is 0.316 e. The van der Waals surface area contributed by atoms with Crippen LogP contribution in [0, 0.1) is 5.92 Å². The van der Waals surface area contributed by atoms with Gasteiger partial charge in [0.05, 0.1) is 5.56 Å². The summed E-state index contributed by atoms with van der Waals surface area (Å²) in [5.74, 6) is 0.546. The standard InChI is InChI=1S/C14H18F3N/c15-14(16,17)13-6-4-11(5-7-13)9-12-3-1-2-8-18-10-12/h4-7,12,18H,1-3,8-10H2. The van der Waals surface area contributed by atoms with Gasteiger partial charge >= 0.3 is 6.18 Å². The van der Waals surface area contributed by atoms with Gasteiger partial charge in [-0.25, -0.2) is 0 Å². The lowest BCUT2D eigenvalue weighted by Crippen LogP contribution is -2.22. The average molecular weight is 257 g/mol. The van der Waals surface area contributed by atoms with Crippen molar-refractivity contribution in [3.63, 3.8) is 0 Å². The van der Waals surface area contributed by atoms with E-state index in [1.807, 2.05) is 0 Å². The molecule has 1 aliphatic heterocycles. The van der Waals surface area contributed by atoms with Crippen molar-refractivity contribution in [2.75, 3.05) is 13.1 Å². The first kappa shape index (κ1) is 13.4. The second-order valence-electron chi connectivity index (χ2n) is 4.96. The van der Waals surface area contributed by atoms with E-state index in [0.717, 1.165) is 31.5 Å². The number of alkyl halides is 3. The van der Waals surface area contributed by atoms with Gasteiger partial charge in [0.15, 0.2) is 0 Å². The number of nitrogens with one attached hydrogen (secondary N) is 1. The highest BCUT2D eigenvalue weighted by Gasteiger charge is 2.29. The Labute approximate surface area is 105 Å². The van der Waals surface area contributed by atoms with Crippen LogP contribution in [0.15, 0.2) is 24.3 Å². The Balaban J connectivity index is 1.97. The molecule has 0 spiro atoms. The lowest BCUT2D eigenvalue weighted by atomic mass is 9.94. The molecule has 100 valence electrons. The molecule has 1 aromatic rings. The average Bonchev–Trinajstić information content (AvgIpc) is 2.57. The monoisotopic (exact) mass is 257 g/mol. The van der Waals surface area contributed by atoms with Crippen LogP contribution in [0.1, 0.15) is 30.4 Å². The number of benzene rings is 1. The fraction of sp³-hybridized carbons (Fsp3) is 0.571. The Morgan fingerprint density at radius 1 is 1.11 bits per heavy atom. The molecule has 1 fully saturated rings. The van der Waals surface area contributed by atoms with Crippen LogP contribution >= 0.6 is 0 Å². The quantitative estimate of drug-likeness (QED) is 0.853. The SMILES string of the molecule is FC(F)(F)c1ccc(CC2CCCCNC2)cc1. The molecule has 1 atom stereocenters. The third-order valence-electron chi connectivity index (χ3n) is 3.45. The zero-order chi connectivity index (χ0) is 13.0. The Bertz CT molecular complexity index is 362. The first-order chi connectivity index (χ1) is 8.55.